The SMILES string of the molecule is Cc1ccc(NC(=O)N[C@@H]2CCCN(c3ncccn3)C2)cc1C. The maximum absolute atomic E-state index is 12.2. The van der Waals surface area contributed by atoms with Gasteiger partial charge in [0.25, 0.3) is 0 Å². The van der Waals surface area contributed by atoms with E-state index in [4.69, 9.17) is 0 Å². The van der Waals surface area contributed by atoms with Gasteiger partial charge in [0.1, 0.15) is 0 Å². The first-order valence-corrected chi connectivity index (χ1v) is 8.28. The molecule has 2 amide bonds. The molecule has 0 saturated carbocycles. The summed E-state index contributed by atoms with van der Waals surface area (Å²) < 4.78 is 0. The molecule has 1 aromatic heterocycles. The Labute approximate surface area is 142 Å². The summed E-state index contributed by atoms with van der Waals surface area (Å²) >= 11 is 0. The van der Waals surface area contributed by atoms with E-state index in [1.165, 1.54) is 5.56 Å². The molecule has 3 rings (SSSR count). The average molecular weight is 325 g/mol. The number of nitrogens with zero attached hydrogens (tertiary/aromatic N) is 3. The van der Waals surface area contributed by atoms with E-state index in [2.05, 4.69) is 32.4 Å². The highest BCUT2D eigenvalue weighted by molar-refractivity contribution is 5.89. The summed E-state index contributed by atoms with van der Waals surface area (Å²) in [5.74, 6) is 0.721. The molecule has 1 aliphatic heterocycles. The van der Waals surface area contributed by atoms with Crippen LogP contribution in [0.4, 0.5) is 16.4 Å². The van der Waals surface area contributed by atoms with Gasteiger partial charge in [0.15, 0.2) is 0 Å². The minimum atomic E-state index is -0.168. The molecule has 1 saturated heterocycles. The van der Waals surface area contributed by atoms with Gasteiger partial charge in [-0.15, -0.1) is 0 Å². The van der Waals surface area contributed by atoms with E-state index in [0.29, 0.717) is 0 Å². The topological polar surface area (TPSA) is 70.2 Å². The number of nitrogens with one attached hydrogen (secondary N) is 2. The van der Waals surface area contributed by atoms with Crippen molar-refractivity contribution in [3.05, 3.63) is 47.8 Å². The van der Waals surface area contributed by atoms with Crippen molar-refractivity contribution in [2.45, 2.75) is 32.7 Å². The van der Waals surface area contributed by atoms with Gasteiger partial charge in [0.05, 0.1) is 0 Å². The fourth-order valence-corrected chi connectivity index (χ4v) is 2.90. The number of carbonyl (C=O) groups is 1. The fourth-order valence-electron chi connectivity index (χ4n) is 2.90. The lowest BCUT2D eigenvalue weighted by molar-refractivity contribution is 0.246. The van der Waals surface area contributed by atoms with Crippen LogP contribution in [0, 0.1) is 13.8 Å². The third-order valence-corrected chi connectivity index (χ3v) is 4.36. The predicted octanol–water partition coefficient (Wildman–Crippen LogP) is 2.88. The Kier molecular flexibility index (Phi) is 4.93. The maximum atomic E-state index is 12.2. The maximum Gasteiger partial charge on any atom is 0.319 e. The Bertz CT molecular complexity index is 704. The van der Waals surface area contributed by atoms with Gasteiger partial charge < -0.3 is 15.5 Å². The van der Waals surface area contributed by atoms with Gasteiger partial charge in [-0.3, -0.25) is 0 Å². The molecular formula is C18H23N5O. The minimum absolute atomic E-state index is 0.0918. The zero-order valence-electron chi connectivity index (χ0n) is 14.1. The average Bonchev–Trinajstić information content (AvgIpc) is 2.59. The van der Waals surface area contributed by atoms with Gasteiger partial charge in [-0.05, 0) is 56.0 Å². The molecule has 1 aliphatic rings. The van der Waals surface area contributed by atoms with E-state index in [-0.39, 0.29) is 12.1 Å². The molecule has 1 atom stereocenters. The molecule has 126 valence electrons. The van der Waals surface area contributed by atoms with Crippen LogP contribution in [0.25, 0.3) is 0 Å². The van der Waals surface area contributed by atoms with Gasteiger partial charge in [0.2, 0.25) is 5.95 Å². The Hall–Kier alpha value is -2.63. The Morgan fingerprint density at radius 2 is 2.00 bits per heavy atom. The smallest absolute Gasteiger partial charge is 0.319 e. The van der Waals surface area contributed by atoms with Crippen LogP contribution in [0.3, 0.4) is 0 Å². The van der Waals surface area contributed by atoms with Crippen molar-refractivity contribution >= 4 is 17.7 Å². The number of aromatic nitrogens is 2. The van der Waals surface area contributed by atoms with E-state index in [1.54, 1.807) is 18.5 Å². The number of piperidine rings is 1. The number of benzene rings is 1. The van der Waals surface area contributed by atoms with Crippen LogP contribution < -0.4 is 15.5 Å². The summed E-state index contributed by atoms with van der Waals surface area (Å²) in [5, 5.41) is 5.97. The van der Waals surface area contributed by atoms with Crippen LogP contribution in [0.5, 0.6) is 0 Å². The second kappa shape index (κ2) is 7.29. The first-order chi connectivity index (χ1) is 11.6. The van der Waals surface area contributed by atoms with Gasteiger partial charge in [-0.25, -0.2) is 14.8 Å². The quantitative estimate of drug-likeness (QED) is 0.910. The van der Waals surface area contributed by atoms with Crippen molar-refractivity contribution < 1.29 is 4.79 Å². The molecule has 2 N–H and O–H groups in total. The number of hydrogen-bond donors (Lipinski definition) is 2. The second-order valence-electron chi connectivity index (χ2n) is 6.23. The summed E-state index contributed by atoms with van der Waals surface area (Å²) in [6.45, 7) is 5.74. The van der Waals surface area contributed by atoms with Crippen LogP contribution in [-0.2, 0) is 0 Å². The highest BCUT2D eigenvalue weighted by Crippen LogP contribution is 2.16. The highest BCUT2D eigenvalue weighted by atomic mass is 16.2. The largest absolute Gasteiger partial charge is 0.339 e. The van der Waals surface area contributed by atoms with Gasteiger partial charge in [-0.2, -0.15) is 0 Å². The first-order valence-electron chi connectivity index (χ1n) is 8.28. The third kappa shape index (κ3) is 4.01. The van der Waals surface area contributed by atoms with E-state index in [9.17, 15) is 4.79 Å². The molecule has 6 nitrogen and oxygen atoms in total. The lowest BCUT2D eigenvalue weighted by Gasteiger charge is -2.33. The van der Waals surface area contributed by atoms with Crippen molar-refractivity contribution in [2.75, 3.05) is 23.3 Å². The normalized spacial score (nSPS) is 17.4. The summed E-state index contributed by atoms with van der Waals surface area (Å²) in [4.78, 5) is 22.9. The molecule has 0 bridgehead atoms. The summed E-state index contributed by atoms with van der Waals surface area (Å²) in [7, 11) is 0. The van der Waals surface area contributed by atoms with Crippen molar-refractivity contribution in [1.82, 2.24) is 15.3 Å². The zero-order chi connectivity index (χ0) is 16.9. The number of amides is 2. The standard InChI is InChI=1S/C18H23N5O/c1-13-6-7-15(11-14(13)2)21-18(24)22-16-5-3-10-23(12-16)17-19-8-4-9-20-17/h4,6-9,11,16H,3,5,10,12H2,1-2H3,(H2,21,22,24)/t16-/m1/s1. The third-order valence-electron chi connectivity index (χ3n) is 4.36. The fraction of sp³-hybridized carbons (Fsp3) is 0.389. The van der Waals surface area contributed by atoms with Crippen LogP contribution in [0.1, 0.15) is 24.0 Å². The van der Waals surface area contributed by atoms with E-state index in [0.717, 1.165) is 43.1 Å². The molecule has 6 heteroatoms. The minimum Gasteiger partial charge on any atom is -0.339 e. The first kappa shape index (κ1) is 16.2. The zero-order valence-corrected chi connectivity index (χ0v) is 14.1. The van der Waals surface area contributed by atoms with Crippen LogP contribution >= 0.6 is 0 Å². The van der Waals surface area contributed by atoms with Crippen molar-refractivity contribution in [2.24, 2.45) is 0 Å². The number of hydrogen-bond acceptors (Lipinski definition) is 4. The number of anilines is 2. The molecule has 0 aliphatic carbocycles. The Morgan fingerprint density at radius 3 is 2.75 bits per heavy atom. The molecular weight excluding hydrogens is 302 g/mol. The molecule has 2 heterocycles. The van der Waals surface area contributed by atoms with Gasteiger partial charge in [0, 0.05) is 37.2 Å². The van der Waals surface area contributed by atoms with Crippen LogP contribution in [0.2, 0.25) is 0 Å². The predicted molar refractivity (Wildman–Crippen MR) is 95.3 cm³/mol. The number of rotatable bonds is 3. The van der Waals surface area contributed by atoms with Crippen molar-refractivity contribution in [3.8, 4) is 0 Å². The van der Waals surface area contributed by atoms with E-state index >= 15 is 0 Å². The highest BCUT2D eigenvalue weighted by Gasteiger charge is 2.22. The molecule has 1 aromatic carbocycles. The molecule has 0 spiro atoms. The van der Waals surface area contributed by atoms with Crippen molar-refractivity contribution in [1.29, 1.82) is 0 Å². The van der Waals surface area contributed by atoms with Gasteiger partial charge >= 0.3 is 6.03 Å². The Morgan fingerprint density at radius 1 is 1.21 bits per heavy atom. The molecule has 2 aromatic rings. The summed E-state index contributed by atoms with van der Waals surface area (Å²) in [6.07, 6.45) is 5.45. The lowest BCUT2D eigenvalue weighted by atomic mass is 10.1. The van der Waals surface area contributed by atoms with Crippen LogP contribution in [-0.4, -0.2) is 35.1 Å². The van der Waals surface area contributed by atoms with Crippen molar-refractivity contribution in [3.63, 3.8) is 0 Å². The van der Waals surface area contributed by atoms with Crippen LogP contribution in [0.15, 0.2) is 36.7 Å². The van der Waals surface area contributed by atoms with E-state index < -0.39 is 0 Å². The molecule has 0 unspecified atom stereocenters. The Balaban J connectivity index is 1.57. The molecule has 0 radical (unpaired) electrons. The van der Waals surface area contributed by atoms with E-state index in [1.807, 2.05) is 25.1 Å². The van der Waals surface area contributed by atoms with Gasteiger partial charge in [-0.1, -0.05) is 6.07 Å². The molecule has 24 heavy (non-hydrogen) atoms. The molecule has 1 fully saturated rings. The monoisotopic (exact) mass is 325 g/mol. The lowest BCUT2D eigenvalue weighted by Crippen LogP contribution is -2.49. The number of carbonyl (C=O) groups excluding carboxylic acids is 1. The number of urea groups is 1. The second-order valence-corrected chi connectivity index (χ2v) is 6.23. The summed E-state index contributed by atoms with van der Waals surface area (Å²) in [6, 6.07) is 7.65. The summed E-state index contributed by atoms with van der Waals surface area (Å²) in [5.41, 5.74) is 3.19. The number of aryl methyl sites for hydroxylation is 2.